The van der Waals surface area contributed by atoms with Gasteiger partial charge in [0, 0.05) is 25.0 Å². The van der Waals surface area contributed by atoms with E-state index in [2.05, 4.69) is 25.3 Å². The summed E-state index contributed by atoms with van der Waals surface area (Å²) in [5.41, 5.74) is 0.748. The van der Waals surface area contributed by atoms with Crippen LogP contribution in [0.1, 0.15) is 0 Å². The molecule has 4 rings (SSSR count). The van der Waals surface area contributed by atoms with Crippen molar-refractivity contribution in [3.05, 3.63) is 36.5 Å². The summed E-state index contributed by atoms with van der Waals surface area (Å²) in [5, 5.41) is 4.17. The number of hydrogen-bond donors (Lipinski definition) is 1. The van der Waals surface area contributed by atoms with Crippen LogP contribution < -0.4 is 25.1 Å². The molecular formula is C20H23N7O4. The normalized spacial score (nSPS) is 13.2. The lowest BCUT2D eigenvalue weighted by Gasteiger charge is -2.16. The molecule has 1 aliphatic rings. The van der Waals surface area contributed by atoms with Crippen molar-refractivity contribution in [1.29, 1.82) is 0 Å². The fourth-order valence-electron chi connectivity index (χ4n) is 3.23. The van der Waals surface area contributed by atoms with Crippen LogP contribution in [-0.2, 0) is 6.54 Å². The molecule has 0 fully saturated rings. The second-order valence-corrected chi connectivity index (χ2v) is 7.04. The van der Waals surface area contributed by atoms with E-state index in [4.69, 9.17) is 14.2 Å². The van der Waals surface area contributed by atoms with Crippen LogP contribution in [0.25, 0.3) is 10.9 Å². The molecule has 162 valence electrons. The van der Waals surface area contributed by atoms with E-state index in [1.165, 1.54) is 18.7 Å². The van der Waals surface area contributed by atoms with Crippen molar-refractivity contribution >= 4 is 22.8 Å². The first-order valence-corrected chi connectivity index (χ1v) is 9.71. The molecule has 1 aliphatic heterocycles. The fourth-order valence-corrected chi connectivity index (χ4v) is 3.23. The van der Waals surface area contributed by atoms with E-state index in [9.17, 15) is 4.79 Å². The lowest BCUT2D eigenvalue weighted by atomic mass is 10.2. The van der Waals surface area contributed by atoms with Gasteiger partial charge >= 0.3 is 6.09 Å². The van der Waals surface area contributed by atoms with Crippen molar-refractivity contribution in [3.63, 3.8) is 0 Å². The molecule has 0 saturated carbocycles. The fraction of sp³-hybridized carbons (Fsp3) is 0.350. The smallest absolute Gasteiger partial charge is 0.442 e. The molecule has 31 heavy (non-hydrogen) atoms. The molecule has 0 unspecified atom stereocenters. The SMILES string of the molecule is COc1c(OCCN(C)C)ccc2c3n(c(=NC(=O)Oc4cncnc4)nc12)CCN3. The lowest BCUT2D eigenvalue weighted by Crippen LogP contribution is -2.25. The van der Waals surface area contributed by atoms with Gasteiger partial charge in [-0.1, -0.05) is 0 Å². The summed E-state index contributed by atoms with van der Waals surface area (Å²) in [6, 6.07) is 3.78. The van der Waals surface area contributed by atoms with Gasteiger partial charge in [0.05, 0.1) is 19.5 Å². The summed E-state index contributed by atoms with van der Waals surface area (Å²) in [7, 11) is 5.51. The molecule has 0 saturated heterocycles. The number of rotatable bonds is 6. The number of nitrogens with zero attached hydrogens (tertiary/aromatic N) is 6. The highest BCUT2D eigenvalue weighted by atomic mass is 16.5. The number of methoxy groups -OCH3 is 1. The predicted octanol–water partition coefficient (Wildman–Crippen LogP) is 1.30. The maximum Gasteiger partial charge on any atom is 0.442 e. The van der Waals surface area contributed by atoms with E-state index in [0.717, 1.165) is 17.7 Å². The first-order valence-electron chi connectivity index (χ1n) is 9.71. The number of hydrogen-bond acceptors (Lipinski definition) is 9. The predicted molar refractivity (Wildman–Crippen MR) is 112 cm³/mol. The number of carbonyl (C=O) groups excluding carboxylic acids is 1. The van der Waals surface area contributed by atoms with Crippen molar-refractivity contribution in [2.45, 2.75) is 6.54 Å². The molecule has 3 aromatic rings. The van der Waals surface area contributed by atoms with Gasteiger partial charge in [0.25, 0.3) is 0 Å². The minimum Gasteiger partial charge on any atom is -0.491 e. The van der Waals surface area contributed by atoms with Gasteiger partial charge in [-0.05, 0) is 26.2 Å². The maximum atomic E-state index is 12.4. The van der Waals surface area contributed by atoms with Crippen molar-refractivity contribution in [3.8, 4) is 17.2 Å². The Kier molecular flexibility index (Phi) is 5.94. The largest absolute Gasteiger partial charge is 0.491 e. The second kappa shape index (κ2) is 8.96. The first-order chi connectivity index (χ1) is 15.1. The zero-order chi connectivity index (χ0) is 21.8. The van der Waals surface area contributed by atoms with Crippen LogP contribution in [0.3, 0.4) is 0 Å². The Labute approximate surface area is 178 Å². The lowest BCUT2D eigenvalue weighted by molar-refractivity contribution is 0.209. The molecule has 0 spiro atoms. The first kappa shape index (κ1) is 20.5. The van der Waals surface area contributed by atoms with Crippen LogP contribution >= 0.6 is 0 Å². The average molecular weight is 425 g/mol. The van der Waals surface area contributed by atoms with Gasteiger partial charge in [0.1, 0.15) is 24.3 Å². The molecule has 1 aromatic carbocycles. The summed E-state index contributed by atoms with van der Waals surface area (Å²) in [5.74, 6) is 2.06. The quantitative estimate of drug-likeness (QED) is 0.624. The zero-order valence-electron chi connectivity index (χ0n) is 17.5. The number of carbonyl (C=O) groups is 1. The summed E-state index contributed by atoms with van der Waals surface area (Å²) in [6.45, 7) is 2.55. The topological polar surface area (TPSA) is 116 Å². The van der Waals surface area contributed by atoms with Crippen LogP contribution in [0.4, 0.5) is 10.6 Å². The summed E-state index contributed by atoms with van der Waals surface area (Å²) in [6.07, 6.45) is 3.29. The molecule has 11 heteroatoms. The molecular weight excluding hydrogens is 402 g/mol. The summed E-state index contributed by atoms with van der Waals surface area (Å²) < 4.78 is 18.5. The minimum absolute atomic E-state index is 0.200. The minimum atomic E-state index is -0.819. The monoisotopic (exact) mass is 425 g/mol. The number of nitrogens with one attached hydrogen (secondary N) is 1. The third-order valence-electron chi connectivity index (χ3n) is 4.64. The highest BCUT2D eigenvalue weighted by Crippen LogP contribution is 2.37. The third-order valence-corrected chi connectivity index (χ3v) is 4.64. The number of benzene rings is 1. The van der Waals surface area contributed by atoms with Crippen molar-refractivity contribution < 1.29 is 19.0 Å². The van der Waals surface area contributed by atoms with Gasteiger partial charge in [0.15, 0.2) is 17.2 Å². The van der Waals surface area contributed by atoms with E-state index >= 15 is 0 Å². The number of anilines is 1. The molecule has 0 radical (unpaired) electrons. The number of ether oxygens (including phenoxy) is 3. The Hall–Kier alpha value is -3.73. The van der Waals surface area contributed by atoms with E-state index in [1.807, 2.05) is 35.7 Å². The number of fused-ring (bicyclic) bond motifs is 3. The van der Waals surface area contributed by atoms with E-state index in [0.29, 0.717) is 36.7 Å². The number of amides is 1. The Balaban J connectivity index is 1.76. The van der Waals surface area contributed by atoms with E-state index in [1.54, 1.807) is 7.11 Å². The van der Waals surface area contributed by atoms with E-state index in [-0.39, 0.29) is 11.4 Å². The van der Waals surface area contributed by atoms with Crippen LogP contribution in [0.2, 0.25) is 0 Å². The average Bonchev–Trinajstić information content (AvgIpc) is 3.24. The molecule has 0 aliphatic carbocycles. The van der Waals surface area contributed by atoms with Gasteiger partial charge in [-0.25, -0.2) is 19.7 Å². The Morgan fingerprint density at radius 1 is 1.29 bits per heavy atom. The summed E-state index contributed by atoms with van der Waals surface area (Å²) in [4.78, 5) is 30.7. The van der Waals surface area contributed by atoms with Crippen molar-refractivity contribution in [2.24, 2.45) is 4.99 Å². The molecule has 1 N–H and O–H groups in total. The molecule has 11 nitrogen and oxygen atoms in total. The van der Waals surface area contributed by atoms with Crippen molar-refractivity contribution in [1.82, 2.24) is 24.4 Å². The van der Waals surface area contributed by atoms with Crippen molar-refractivity contribution in [2.75, 3.05) is 46.2 Å². The Morgan fingerprint density at radius 3 is 2.84 bits per heavy atom. The van der Waals surface area contributed by atoms with Crippen LogP contribution in [0.15, 0.2) is 35.8 Å². The van der Waals surface area contributed by atoms with Gasteiger partial charge in [-0.15, -0.1) is 4.99 Å². The third kappa shape index (κ3) is 4.40. The zero-order valence-corrected chi connectivity index (χ0v) is 17.5. The standard InChI is InChI=1S/C20H23N7O4/c1-26(2)8-9-30-15-5-4-14-16(17(15)29-3)24-19(27-7-6-23-18(14)27)25-20(28)31-13-10-21-12-22-11-13/h4-5,10-12,23H,6-9H2,1-3H3. The molecule has 0 atom stereocenters. The van der Waals surface area contributed by atoms with Crippen LogP contribution in [-0.4, -0.2) is 71.4 Å². The molecule has 2 aromatic heterocycles. The van der Waals surface area contributed by atoms with Gasteiger partial charge in [-0.2, -0.15) is 0 Å². The highest BCUT2D eigenvalue weighted by Gasteiger charge is 2.21. The number of aromatic nitrogens is 4. The molecule has 3 heterocycles. The number of likely N-dealkylation sites (N-methyl/N-ethyl adjacent to an activating group) is 1. The molecule has 0 bridgehead atoms. The molecule has 1 amide bonds. The summed E-state index contributed by atoms with van der Waals surface area (Å²) >= 11 is 0. The Morgan fingerprint density at radius 2 is 2.10 bits per heavy atom. The van der Waals surface area contributed by atoms with E-state index < -0.39 is 6.09 Å². The van der Waals surface area contributed by atoms with Crippen LogP contribution in [0, 0.1) is 0 Å². The Bertz CT molecular complexity index is 1160. The second-order valence-electron chi connectivity index (χ2n) is 7.04. The maximum absolute atomic E-state index is 12.4. The van der Waals surface area contributed by atoms with Gasteiger partial charge in [0.2, 0.25) is 5.62 Å². The highest BCUT2D eigenvalue weighted by molar-refractivity contribution is 5.95. The van der Waals surface area contributed by atoms with Crippen LogP contribution in [0.5, 0.6) is 17.2 Å². The van der Waals surface area contributed by atoms with Gasteiger partial charge < -0.3 is 24.4 Å². The van der Waals surface area contributed by atoms with Gasteiger partial charge in [-0.3, -0.25) is 4.57 Å².